The summed E-state index contributed by atoms with van der Waals surface area (Å²) < 4.78 is 11.2. The minimum atomic E-state index is -0.0688. The van der Waals surface area contributed by atoms with E-state index < -0.39 is 0 Å². The number of furan rings is 1. The van der Waals surface area contributed by atoms with Gasteiger partial charge in [0.05, 0.1) is 11.8 Å². The first kappa shape index (κ1) is 23.2. The van der Waals surface area contributed by atoms with Gasteiger partial charge in [0.1, 0.15) is 17.1 Å². The molecule has 9 nitrogen and oxygen atoms in total. The smallest absolute Gasteiger partial charge is 0.266 e. The molecule has 1 fully saturated rings. The van der Waals surface area contributed by atoms with Crippen LogP contribution in [0.1, 0.15) is 41.5 Å². The summed E-state index contributed by atoms with van der Waals surface area (Å²) in [7, 11) is 0. The predicted molar refractivity (Wildman–Crippen MR) is 131 cm³/mol. The summed E-state index contributed by atoms with van der Waals surface area (Å²) in [5, 5.41) is 22.8. The summed E-state index contributed by atoms with van der Waals surface area (Å²) >= 11 is 1.56. The van der Waals surface area contributed by atoms with Gasteiger partial charge in [-0.2, -0.15) is 15.5 Å². The van der Waals surface area contributed by atoms with Crippen LogP contribution in [0.25, 0.3) is 11.7 Å². The fourth-order valence-corrected chi connectivity index (χ4v) is 6.06. The quantitative estimate of drug-likeness (QED) is 0.550. The van der Waals surface area contributed by atoms with Gasteiger partial charge in [0.15, 0.2) is 5.76 Å². The van der Waals surface area contributed by atoms with Crippen LogP contribution in [0.5, 0.6) is 0 Å². The van der Waals surface area contributed by atoms with Gasteiger partial charge in [-0.25, -0.2) is 0 Å². The van der Waals surface area contributed by atoms with Crippen LogP contribution in [0.15, 0.2) is 27.2 Å². The van der Waals surface area contributed by atoms with Gasteiger partial charge in [0, 0.05) is 44.0 Å². The molecule has 5 rings (SSSR count). The van der Waals surface area contributed by atoms with E-state index in [1.165, 1.54) is 11.1 Å². The molecule has 1 amide bonds. The zero-order valence-corrected chi connectivity index (χ0v) is 20.4. The van der Waals surface area contributed by atoms with Gasteiger partial charge in [-0.15, -0.1) is 11.3 Å². The van der Waals surface area contributed by atoms with Gasteiger partial charge in [-0.1, -0.05) is 6.92 Å². The van der Waals surface area contributed by atoms with Crippen LogP contribution in [0, 0.1) is 28.6 Å². The van der Waals surface area contributed by atoms with Crippen LogP contribution in [-0.4, -0.2) is 48.5 Å². The van der Waals surface area contributed by atoms with Gasteiger partial charge in [-0.05, 0) is 42.9 Å². The zero-order valence-electron chi connectivity index (χ0n) is 19.5. The summed E-state index contributed by atoms with van der Waals surface area (Å²) in [5.41, 5.74) is 2.01. The molecule has 4 heterocycles. The standard InChI is InChI=1S/C25H26N6O3S/c1-16-4-5-17-18(14-26)24(35-21(17)13-16)29-22(32)6-7-30-8-10-31(11-9-30)25-19(15-27)28-23(34-25)20-3-2-12-33-20/h2-3,12,16H,4-11,13H2,1H3,(H,29,32). The Morgan fingerprint density at radius 3 is 2.83 bits per heavy atom. The first-order chi connectivity index (χ1) is 17.1. The van der Waals surface area contributed by atoms with Crippen molar-refractivity contribution in [1.82, 2.24) is 9.88 Å². The number of amides is 1. The highest BCUT2D eigenvalue weighted by Crippen LogP contribution is 2.39. The Hall–Kier alpha value is -3.60. The highest BCUT2D eigenvalue weighted by atomic mass is 32.1. The van der Waals surface area contributed by atoms with Crippen molar-refractivity contribution in [2.75, 3.05) is 42.9 Å². The maximum absolute atomic E-state index is 12.7. The molecule has 3 aromatic heterocycles. The lowest BCUT2D eigenvalue weighted by Gasteiger charge is -2.34. The zero-order chi connectivity index (χ0) is 24.4. The second-order valence-corrected chi connectivity index (χ2v) is 10.2. The average molecular weight is 491 g/mol. The maximum atomic E-state index is 12.7. The summed E-state index contributed by atoms with van der Waals surface area (Å²) in [6.45, 7) is 5.67. The number of oxazole rings is 1. The van der Waals surface area contributed by atoms with Gasteiger partial charge in [0.25, 0.3) is 5.89 Å². The van der Waals surface area contributed by atoms with Crippen LogP contribution in [-0.2, 0) is 17.6 Å². The minimum Gasteiger partial charge on any atom is -0.459 e. The van der Waals surface area contributed by atoms with Crippen molar-refractivity contribution in [3.8, 4) is 23.8 Å². The van der Waals surface area contributed by atoms with E-state index in [4.69, 9.17) is 8.83 Å². The molecule has 1 atom stereocenters. The Balaban J connectivity index is 1.14. The Kier molecular flexibility index (Phi) is 6.58. The van der Waals surface area contributed by atoms with E-state index in [-0.39, 0.29) is 11.6 Å². The van der Waals surface area contributed by atoms with Crippen molar-refractivity contribution in [2.45, 2.75) is 32.6 Å². The first-order valence-corrected chi connectivity index (χ1v) is 12.6. The average Bonchev–Trinajstić information content (AvgIpc) is 3.60. The molecule has 1 aliphatic carbocycles. The third kappa shape index (κ3) is 4.81. The van der Waals surface area contributed by atoms with Gasteiger partial charge >= 0.3 is 0 Å². The lowest BCUT2D eigenvalue weighted by Crippen LogP contribution is -2.47. The van der Waals surface area contributed by atoms with Crippen LogP contribution in [0.2, 0.25) is 0 Å². The minimum absolute atomic E-state index is 0.0688. The SMILES string of the molecule is CC1CCc2c(sc(NC(=O)CCN3CCN(c4oc(-c5ccco5)nc4C#N)CC3)c2C#N)C1. The van der Waals surface area contributed by atoms with Gasteiger partial charge in [0.2, 0.25) is 17.5 Å². The second kappa shape index (κ2) is 9.95. The van der Waals surface area contributed by atoms with Gasteiger partial charge in [-0.3, -0.25) is 9.69 Å². The highest BCUT2D eigenvalue weighted by molar-refractivity contribution is 7.16. The van der Waals surface area contributed by atoms with Crippen molar-refractivity contribution in [3.05, 3.63) is 40.1 Å². The van der Waals surface area contributed by atoms with E-state index in [0.29, 0.717) is 60.1 Å². The van der Waals surface area contributed by atoms with E-state index in [0.717, 1.165) is 37.9 Å². The molecule has 1 N–H and O–H groups in total. The number of anilines is 2. The molecule has 2 aliphatic rings. The number of thiophene rings is 1. The maximum Gasteiger partial charge on any atom is 0.266 e. The van der Waals surface area contributed by atoms with E-state index in [2.05, 4.69) is 34.3 Å². The van der Waals surface area contributed by atoms with E-state index in [9.17, 15) is 15.3 Å². The van der Waals surface area contributed by atoms with Crippen LogP contribution >= 0.6 is 11.3 Å². The Labute approximate surface area is 207 Å². The molecule has 0 radical (unpaired) electrons. The van der Waals surface area contributed by atoms with Crippen molar-refractivity contribution < 1.29 is 13.6 Å². The molecule has 10 heteroatoms. The Bertz CT molecular complexity index is 1290. The normalized spacial score (nSPS) is 18.0. The van der Waals surface area contributed by atoms with Crippen molar-refractivity contribution in [1.29, 1.82) is 10.5 Å². The monoisotopic (exact) mass is 490 g/mol. The summed E-state index contributed by atoms with van der Waals surface area (Å²) in [5.74, 6) is 1.78. The summed E-state index contributed by atoms with van der Waals surface area (Å²) in [6, 6.07) is 7.90. The number of nitrogens with one attached hydrogen (secondary N) is 1. The molecule has 1 saturated heterocycles. The fourth-order valence-electron chi connectivity index (χ4n) is 4.69. The Morgan fingerprint density at radius 2 is 2.11 bits per heavy atom. The number of rotatable bonds is 6. The van der Waals surface area contributed by atoms with E-state index in [1.54, 1.807) is 23.5 Å². The molecule has 0 spiro atoms. The molecular formula is C25H26N6O3S. The number of aromatic nitrogens is 1. The summed E-state index contributed by atoms with van der Waals surface area (Å²) in [6.07, 6.45) is 4.88. The molecule has 0 bridgehead atoms. The van der Waals surface area contributed by atoms with Crippen LogP contribution < -0.4 is 10.2 Å². The fraction of sp³-hybridized carbons (Fsp3) is 0.440. The number of fused-ring (bicyclic) bond motifs is 1. The number of piperazine rings is 1. The lowest BCUT2D eigenvalue weighted by atomic mass is 9.89. The van der Waals surface area contributed by atoms with Crippen LogP contribution in [0.4, 0.5) is 10.9 Å². The number of carbonyl (C=O) groups excluding carboxylic acids is 1. The summed E-state index contributed by atoms with van der Waals surface area (Å²) in [4.78, 5) is 22.4. The highest BCUT2D eigenvalue weighted by Gasteiger charge is 2.27. The van der Waals surface area contributed by atoms with Gasteiger partial charge < -0.3 is 19.1 Å². The number of hydrogen-bond donors (Lipinski definition) is 1. The largest absolute Gasteiger partial charge is 0.459 e. The van der Waals surface area contributed by atoms with Crippen molar-refractivity contribution in [3.63, 3.8) is 0 Å². The number of nitriles is 2. The number of nitrogens with zero attached hydrogens (tertiary/aromatic N) is 5. The first-order valence-electron chi connectivity index (χ1n) is 11.8. The molecule has 3 aromatic rings. The molecule has 35 heavy (non-hydrogen) atoms. The second-order valence-electron chi connectivity index (χ2n) is 9.06. The predicted octanol–water partition coefficient (Wildman–Crippen LogP) is 4.02. The van der Waals surface area contributed by atoms with Crippen molar-refractivity contribution >= 4 is 28.1 Å². The molecule has 0 saturated carbocycles. The molecule has 1 aliphatic heterocycles. The van der Waals surface area contributed by atoms with Crippen LogP contribution in [0.3, 0.4) is 0 Å². The van der Waals surface area contributed by atoms with E-state index in [1.807, 2.05) is 4.90 Å². The third-order valence-corrected chi connectivity index (χ3v) is 7.81. The Morgan fingerprint density at radius 1 is 1.29 bits per heavy atom. The topological polar surface area (TPSA) is 122 Å². The molecular weight excluding hydrogens is 464 g/mol. The molecule has 1 unspecified atom stereocenters. The van der Waals surface area contributed by atoms with E-state index >= 15 is 0 Å². The molecule has 180 valence electrons. The lowest BCUT2D eigenvalue weighted by molar-refractivity contribution is -0.116. The number of carbonyl (C=O) groups is 1. The number of hydrogen-bond acceptors (Lipinski definition) is 9. The third-order valence-electron chi connectivity index (χ3n) is 6.64. The van der Waals surface area contributed by atoms with Crippen molar-refractivity contribution in [2.24, 2.45) is 5.92 Å². The molecule has 0 aromatic carbocycles.